The predicted octanol–water partition coefficient (Wildman–Crippen LogP) is 4.83. The Balaban J connectivity index is 1.25. The van der Waals surface area contributed by atoms with Crippen LogP contribution >= 0.6 is 23.1 Å². The number of amides is 1. The highest BCUT2D eigenvalue weighted by Gasteiger charge is 2.38. The number of aromatic nitrogens is 1. The Morgan fingerprint density at radius 1 is 1.09 bits per heavy atom. The predicted molar refractivity (Wildman–Crippen MR) is 164 cm³/mol. The van der Waals surface area contributed by atoms with E-state index in [0.29, 0.717) is 56.6 Å². The van der Waals surface area contributed by atoms with E-state index in [1.54, 1.807) is 59.9 Å². The number of carboxylic acids is 1. The number of fused-ring (bicyclic) bond motifs is 1. The number of ether oxygens (including phenoxy) is 2. The maximum absolute atomic E-state index is 13.0. The number of hydrogen-bond donors (Lipinski definition) is 1. The lowest BCUT2D eigenvalue weighted by Gasteiger charge is -2.32. The van der Waals surface area contributed by atoms with Gasteiger partial charge in [0.15, 0.2) is 17.6 Å². The van der Waals surface area contributed by atoms with Gasteiger partial charge >= 0.3 is 12.1 Å². The normalized spacial score (nSPS) is 17.4. The number of Topliss-reactive ketones (excluding diaryl/α,β-unsaturated/α-hetero) is 2. The van der Waals surface area contributed by atoms with Gasteiger partial charge in [-0.2, -0.15) is 0 Å². The van der Waals surface area contributed by atoms with E-state index in [2.05, 4.69) is 9.98 Å². The van der Waals surface area contributed by atoms with E-state index in [4.69, 9.17) is 14.6 Å². The lowest BCUT2D eigenvalue weighted by molar-refractivity contribution is -0.137. The van der Waals surface area contributed by atoms with Crippen molar-refractivity contribution < 1.29 is 38.6 Å². The molecule has 4 rings (SSSR count). The highest BCUT2D eigenvalue weighted by Crippen LogP contribution is 2.39. The summed E-state index contributed by atoms with van der Waals surface area (Å²) in [5.74, 6) is -0.909. The summed E-state index contributed by atoms with van der Waals surface area (Å²) in [7, 11) is 1.64. The second-order valence-electron chi connectivity index (χ2n) is 11.1. The number of carbonyl (C=O) groups is 5. The van der Waals surface area contributed by atoms with Crippen LogP contribution in [0.15, 0.2) is 45.5 Å². The van der Waals surface area contributed by atoms with Crippen LogP contribution in [-0.4, -0.2) is 81.6 Å². The molecule has 0 radical (unpaired) electrons. The molecule has 0 bridgehead atoms. The van der Waals surface area contributed by atoms with Crippen molar-refractivity contribution in [2.45, 2.75) is 53.5 Å². The molecule has 1 atom stereocenters. The molecule has 1 aliphatic carbocycles. The number of thioether (sulfide) groups is 1. The number of benzene rings is 1. The lowest BCUT2D eigenvalue weighted by Crippen LogP contribution is -2.36. The van der Waals surface area contributed by atoms with Crippen molar-refractivity contribution in [1.82, 2.24) is 9.88 Å². The minimum absolute atomic E-state index is 0.0229. The number of ketones is 2. The quantitative estimate of drug-likeness (QED) is 0.168. The number of carbonyl (C=O) groups excluding carboxylic acids is 4. The summed E-state index contributed by atoms with van der Waals surface area (Å²) < 4.78 is 11.2. The first kappa shape index (κ1) is 32.1. The molecule has 1 aromatic heterocycles. The largest absolute Gasteiger partial charge is 0.513 e. The summed E-state index contributed by atoms with van der Waals surface area (Å²) in [4.78, 5) is 72.2. The van der Waals surface area contributed by atoms with E-state index in [1.165, 1.54) is 28.0 Å². The summed E-state index contributed by atoms with van der Waals surface area (Å²) in [5.41, 5.74) is 1.44. The monoisotopic (exact) mass is 627 g/mol. The van der Waals surface area contributed by atoms with Gasteiger partial charge in [-0.3, -0.25) is 19.4 Å². The third-order valence-electron chi connectivity index (χ3n) is 7.42. The van der Waals surface area contributed by atoms with E-state index in [-0.39, 0.29) is 36.3 Å². The molecule has 2 heterocycles. The minimum atomic E-state index is -0.970. The zero-order chi connectivity index (χ0) is 31.6. The van der Waals surface area contributed by atoms with Gasteiger partial charge in [0, 0.05) is 59.5 Å². The Morgan fingerprint density at radius 3 is 2.47 bits per heavy atom. The van der Waals surface area contributed by atoms with Crippen LogP contribution in [-0.2, 0) is 23.9 Å². The topological polar surface area (TPSA) is 153 Å². The van der Waals surface area contributed by atoms with Gasteiger partial charge in [0.2, 0.25) is 5.91 Å². The van der Waals surface area contributed by atoms with Gasteiger partial charge in [0.25, 0.3) is 0 Å². The van der Waals surface area contributed by atoms with Crippen LogP contribution in [0, 0.1) is 5.41 Å². The van der Waals surface area contributed by atoms with Crippen LogP contribution < -0.4 is 4.74 Å². The van der Waals surface area contributed by atoms with E-state index < -0.39 is 23.6 Å². The summed E-state index contributed by atoms with van der Waals surface area (Å²) in [6.07, 6.45) is -0.481. The zero-order valence-electron chi connectivity index (χ0n) is 24.8. The Labute approximate surface area is 257 Å². The first-order chi connectivity index (χ1) is 20.2. The number of aliphatic imine (C=N–C) groups is 1. The molecule has 228 valence electrons. The molecule has 11 nitrogen and oxygen atoms in total. The average molecular weight is 628 g/mol. The van der Waals surface area contributed by atoms with Crippen LogP contribution in [0.25, 0.3) is 10.2 Å². The summed E-state index contributed by atoms with van der Waals surface area (Å²) in [6.45, 7) is 8.82. The van der Waals surface area contributed by atoms with Crippen LogP contribution in [0.1, 0.15) is 52.5 Å². The van der Waals surface area contributed by atoms with Crippen molar-refractivity contribution in [2.24, 2.45) is 10.4 Å². The Hall–Kier alpha value is -3.84. The Bertz CT molecular complexity index is 1620. The number of carboxylic acid groups (broad SMARTS) is 1. The van der Waals surface area contributed by atoms with Gasteiger partial charge in [-0.15, -0.1) is 23.1 Å². The maximum atomic E-state index is 13.0. The van der Waals surface area contributed by atoms with Crippen molar-refractivity contribution in [3.8, 4) is 5.75 Å². The smallest absolute Gasteiger partial charge is 0.480 e. The minimum Gasteiger partial charge on any atom is -0.480 e. The van der Waals surface area contributed by atoms with Crippen molar-refractivity contribution in [2.75, 3.05) is 26.0 Å². The van der Waals surface area contributed by atoms with E-state index in [0.717, 1.165) is 4.70 Å². The number of thiazole rings is 1. The number of hydrogen-bond acceptors (Lipinski definition) is 11. The molecule has 0 unspecified atom stereocenters. The number of rotatable bonds is 10. The third-order valence-corrected chi connectivity index (χ3v) is 9.63. The molecule has 0 spiro atoms. The SMILES string of the molecule is CC1=C(C)C(=O)C(C(C)(C)CC(=O)N(C)CCCOC(=O)Oc2ccc3nc(C4=N[C@@H](C(=O)O)CS4)sc3c2)=C(C)C1=O. The Kier molecular flexibility index (Phi) is 9.55. The van der Waals surface area contributed by atoms with Gasteiger partial charge in [-0.1, -0.05) is 13.8 Å². The number of nitrogens with zero attached hydrogens (tertiary/aromatic N) is 3. The zero-order valence-corrected chi connectivity index (χ0v) is 26.4. The number of aliphatic carboxylic acids is 1. The summed E-state index contributed by atoms with van der Waals surface area (Å²) in [6, 6.07) is 4.16. The summed E-state index contributed by atoms with van der Waals surface area (Å²) in [5, 5.41) is 10.3. The first-order valence-electron chi connectivity index (χ1n) is 13.6. The van der Waals surface area contributed by atoms with Crippen molar-refractivity contribution >= 4 is 68.0 Å². The van der Waals surface area contributed by atoms with E-state index in [9.17, 15) is 24.0 Å². The van der Waals surface area contributed by atoms with Gasteiger partial charge in [-0.25, -0.2) is 14.6 Å². The van der Waals surface area contributed by atoms with Crippen molar-refractivity contribution in [3.05, 3.63) is 45.5 Å². The molecule has 0 fully saturated rings. The maximum Gasteiger partial charge on any atom is 0.513 e. The second kappa shape index (κ2) is 12.8. The molecule has 1 aliphatic heterocycles. The highest BCUT2D eigenvalue weighted by molar-refractivity contribution is 8.15. The summed E-state index contributed by atoms with van der Waals surface area (Å²) >= 11 is 2.67. The molecular formula is C30H33N3O8S2. The molecule has 2 aliphatic rings. The van der Waals surface area contributed by atoms with Gasteiger partial charge in [0.05, 0.1) is 16.8 Å². The van der Waals surface area contributed by atoms with E-state index in [1.807, 2.05) is 0 Å². The van der Waals surface area contributed by atoms with Crippen LogP contribution in [0.2, 0.25) is 0 Å². The fourth-order valence-electron chi connectivity index (χ4n) is 4.89. The molecular weight excluding hydrogens is 594 g/mol. The van der Waals surface area contributed by atoms with Crippen molar-refractivity contribution in [3.63, 3.8) is 0 Å². The first-order valence-corrected chi connectivity index (χ1v) is 15.4. The molecule has 1 aromatic carbocycles. The molecule has 43 heavy (non-hydrogen) atoms. The molecule has 1 amide bonds. The van der Waals surface area contributed by atoms with Crippen LogP contribution in [0.5, 0.6) is 5.75 Å². The molecule has 13 heteroatoms. The van der Waals surface area contributed by atoms with Gasteiger partial charge < -0.3 is 19.5 Å². The van der Waals surface area contributed by atoms with Crippen LogP contribution in [0.3, 0.4) is 0 Å². The third kappa shape index (κ3) is 7.04. The fourth-order valence-corrected chi connectivity index (χ4v) is 6.99. The van der Waals surface area contributed by atoms with E-state index >= 15 is 0 Å². The molecule has 1 N–H and O–H groups in total. The lowest BCUT2D eigenvalue weighted by atomic mass is 9.71. The highest BCUT2D eigenvalue weighted by atomic mass is 32.2. The van der Waals surface area contributed by atoms with Gasteiger partial charge in [-0.05, 0) is 39.3 Å². The molecule has 2 aromatic rings. The van der Waals surface area contributed by atoms with Gasteiger partial charge in [0.1, 0.15) is 15.8 Å². The number of allylic oxidation sites excluding steroid dienone is 4. The second-order valence-corrected chi connectivity index (χ2v) is 13.1. The average Bonchev–Trinajstić information content (AvgIpc) is 3.60. The Morgan fingerprint density at radius 2 is 1.79 bits per heavy atom. The standard InChI is InChI=1S/C30H33N3O8S2/c1-15-16(2)25(36)23(17(3)24(15)35)30(4,5)13-22(34)33(6)10-7-11-40-29(39)41-18-8-9-19-21(12-18)43-27(31-19)26-32-20(14-42-26)28(37)38/h8-9,12,20H,7,10-11,13-14H2,1-6H3,(H,37,38)/t20-/m1/s1. The van der Waals surface area contributed by atoms with Crippen molar-refractivity contribution in [1.29, 1.82) is 0 Å². The fraction of sp³-hybridized carbons (Fsp3) is 0.433. The molecule has 0 saturated heterocycles. The molecule has 0 saturated carbocycles. The van der Waals surface area contributed by atoms with Crippen LogP contribution in [0.4, 0.5) is 4.79 Å².